The Bertz CT molecular complexity index is 987. The first-order valence-electron chi connectivity index (χ1n) is 9.59. The number of fused-ring (bicyclic) bond motifs is 2. The second kappa shape index (κ2) is 7.74. The first-order chi connectivity index (χ1) is 14.0. The smallest absolute Gasteiger partial charge is 0.488 e. The summed E-state index contributed by atoms with van der Waals surface area (Å²) in [6, 6.07) is 12.3. The van der Waals surface area contributed by atoms with Gasteiger partial charge in [0.15, 0.2) is 5.69 Å². The Morgan fingerprint density at radius 3 is 2.55 bits per heavy atom. The molecule has 1 saturated heterocycles. The maximum atomic E-state index is 12.6. The van der Waals surface area contributed by atoms with Crippen molar-refractivity contribution in [3.05, 3.63) is 71.1 Å². The third-order valence-corrected chi connectivity index (χ3v) is 5.85. The number of amides is 1. The Morgan fingerprint density at radius 2 is 1.90 bits per heavy atom. The normalized spacial score (nSPS) is 17.1. The van der Waals surface area contributed by atoms with Gasteiger partial charge < -0.3 is 19.7 Å². The largest absolute Gasteiger partial charge is 0.492 e. The third-order valence-electron chi connectivity index (χ3n) is 5.85. The Balaban J connectivity index is 1.40. The average molecular weight is 388 g/mol. The topological polar surface area (TPSA) is 74.4 Å². The van der Waals surface area contributed by atoms with Gasteiger partial charge in [-0.2, -0.15) is 0 Å². The van der Waals surface area contributed by atoms with E-state index in [1.54, 1.807) is 42.5 Å². The number of nitrogens with zero attached hydrogens (tertiary/aromatic N) is 2. The van der Waals surface area contributed by atoms with Crippen LogP contribution in [0.4, 0.5) is 5.69 Å². The molecular weight excluding hydrogens is 367 g/mol. The van der Waals surface area contributed by atoms with Gasteiger partial charge in [0.1, 0.15) is 5.75 Å². The summed E-state index contributed by atoms with van der Waals surface area (Å²) in [4.78, 5) is 18.0. The van der Waals surface area contributed by atoms with Gasteiger partial charge in [0.05, 0.1) is 13.2 Å². The number of carbonyl (C=O) groups excluding carboxylic acids is 1. The van der Waals surface area contributed by atoms with Crippen molar-refractivity contribution in [2.75, 3.05) is 19.7 Å². The summed E-state index contributed by atoms with van der Waals surface area (Å²) < 4.78 is 5.86. The quantitative estimate of drug-likeness (QED) is 0.479. The van der Waals surface area contributed by atoms with Crippen molar-refractivity contribution in [1.29, 1.82) is 0 Å². The van der Waals surface area contributed by atoms with Gasteiger partial charge in [-0.15, -0.1) is 0 Å². The van der Waals surface area contributed by atoms with E-state index in [4.69, 9.17) is 21.4 Å². The highest BCUT2D eigenvalue weighted by Gasteiger charge is 2.43. The third kappa shape index (κ3) is 3.77. The van der Waals surface area contributed by atoms with E-state index in [9.17, 15) is 4.79 Å². The van der Waals surface area contributed by atoms with Gasteiger partial charge in [0, 0.05) is 24.6 Å². The minimum Gasteiger partial charge on any atom is -0.492 e. The number of rotatable bonds is 3. The molecule has 146 valence electrons. The lowest BCUT2D eigenvalue weighted by atomic mass is 9.74. The summed E-state index contributed by atoms with van der Waals surface area (Å²) >= 11 is 0. The molecule has 0 saturated carbocycles. The lowest BCUT2D eigenvalue weighted by molar-refractivity contribution is -0.127. The second-order valence-electron chi connectivity index (χ2n) is 7.56. The number of piperidine rings is 1. The van der Waals surface area contributed by atoms with Crippen LogP contribution in [0.3, 0.4) is 0 Å². The number of hydrogen-bond donors (Lipinski definition) is 2. The SMILES string of the molecule is [C-]#[N+]c1ccc2c(c1)C1(CCN(C(=O)/C=C/c3ccc(B(O)O)cc3)CC1)CO2. The summed E-state index contributed by atoms with van der Waals surface area (Å²) in [5.74, 6) is 0.814. The predicted octanol–water partition coefficient (Wildman–Crippen LogP) is 1.88. The van der Waals surface area contributed by atoms with Gasteiger partial charge in [-0.05, 0) is 47.6 Å². The maximum absolute atomic E-state index is 12.6. The van der Waals surface area contributed by atoms with Crippen LogP contribution in [0.1, 0.15) is 24.0 Å². The number of carbonyl (C=O) groups is 1. The second-order valence-corrected chi connectivity index (χ2v) is 7.56. The van der Waals surface area contributed by atoms with E-state index in [0.29, 0.717) is 30.8 Å². The lowest BCUT2D eigenvalue weighted by Gasteiger charge is -2.38. The molecule has 2 aromatic carbocycles. The molecule has 1 fully saturated rings. The number of likely N-dealkylation sites (tertiary alicyclic amines) is 1. The monoisotopic (exact) mass is 388 g/mol. The van der Waals surface area contributed by atoms with Crippen molar-refractivity contribution in [3.8, 4) is 5.75 Å². The molecule has 2 aliphatic rings. The van der Waals surface area contributed by atoms with Gasteiger partial charge in [-0.1, -0.05) is 30.3 Å². The highest BCUT2D eigenvalue weighted by Crippen LogP contribution is 2.46. The van der Waals surface area contributed by atoms with E-state index < -0.39 is 7.12 Å². The zero-order valence-corrected chi connectivity index (χ0v) is 15.9. The Morgan fingerprint density at radius 1 is 1.17 bits per heavy atom. The molecule has 0 aliphatic carbocycles. The molecule has 1 amide bonds. The standard InChI is InChI=1S/C22H21BN2O4/c1-24-18-7-8-20-19(14-18)22(15-29-20)10-12-25(13-11-22)21(26)9-4-16-2-5-17(6-3-16)23(27)28/h2-9,14,27-28H,10-13,15H2/b9-4+. The summed E-state index contributed by atoms with van der Waals surface area (Å²) in [5.41, 5.74) is 2.84. The molecule has 2 heterocycles. The van der Waals surface area contributed by atoms with Crippen molar-refractivity contribution in [1.82, 2.24) is 4.90 Å². The van der Waals surface area contributed by atoms with Gasteiger partial charge in [0.25, 0.3) is 0 Å². The van der Waals surface area contributed by atoms with Gasteiger partial charge in [-0.25, -0.2) is 4.85 Å². The molecule has 2 N–H and O–H groups in total. The summed E-state index contributed by atoms with van der Waals surface area (Å²) in [6.45, 7) is 9.13. The molecule has 1 spiro atoms. The lowest BCUT2D eigenvalue weighted by Crippen LogP contribution is -2.45. The van der Waals surface area contributed by atoms with Crippen LogP contribution in [0.5, 0.6) is 5.75 Å². The van der Waals surface area contributed by atoms with E-state index in [1.165, 1.54) is 0 Å². The van der Waals surface area contributed by atoms with Gasteiger partial charge in [-0.3, -0.25) is 4.79 Å². The summed E-state index contributed by atoms with van der Waals surface area (Å²) in [7, 11) is -1.49. The van der Waals surface area contributed by atoms with Crippen molar-refractivity contribution in [2.24, 2.45) is 0 Å². The fourth-order valence-electron chi connectivity index (χ4n) is 4.04. The summed E-state index contributed by atoms with van der Waals surface area (Å²) in [5, 5.41) is 18.3. The van der Waals surface area contributed by atoms with Crippen LogP contribution in [0.15, 0.2) is 48.5 Å². The van der Waals surface area contributed by atoms with Crippen LogP contribution < -0.4 is 10.2 Å². The van der Waals surface area contributed by atoms with Crippen LogP contribution in [-0.2, 0) is 10.2 Å². The van der Waals surface area contributed by atoms with E-state index in [-0.39, 0.29) is 11.3 Å². The minimum atomic E-state index is -1.49. The maximum Gasteiger partial charge on any atom is 0.488 e. The number of hydrogen-bond acceptors (Lipinski definition) is 4. The van der Waals surface area contributed by atoms with E-state index >= 15 is 0 Å². The van der Waals surface area contributed by atoms with Crippen LogP contribution in [0.2, 0.25) is 0 Å². The van der Waals surface area contributed by atoms with Crippen molar-refractivity contribution in [2.45, 2.75) is 18.3 Å². The molecule has 29 heavy (non-hydrogen) atoms. The molecule has 0 bridgehead atoms. The molecule has 0 unspecified atom stereocenters. The molecular formula is C22H21BN2O4. The molecule has 0 aromatic heterocycles. The van der Waals surface area contributed by atoms with Crippen LogP contribution in [-0.4, -0.2) is 47.7 Å². The van der Waals surface area contributed by atoms with E-state index in [2.05, 4.69) is 4.85 Å². The van der Waals surface area contributed by atoms with Gasteiger partial charge >= 0.3 is 7.12 Å². The van der Waals surface area contributed by atoms with E-state index in [1.807, 2.05) is 17.0 Å². The molecule has 4 rings (SSSR count). The first kappa shape index (κ1) is 19.3. The van der Waals surface area contributed by atoms with Crippen molar-refractivity contribution < 1.29 is 19.6 Å². The van der Waals surface area contributed by atoms with E-state index in [0.717, 1.165) is 29.7 Å². The predicted molar refractivity (Wildman–Crippen MR) is 111 cm³/mol. The average Bonchev–Trinajstić information content (AvgIpc) is 3.10. The highest BCUT2D eigenvalue weighted by molar-refractivity contribution is 6.58. The Kier molecular flexibility index (Phi) is 5.14. The molecule has 0 radical (unpaired) electrons. The fraction of sp³-hybridized carbons (Fsp3) is 0.273. The number of ether oxygens (including phenoxy) is 1. The molecule has 2 aromatic rings. The number of benzene rings is 2. The molecule has 7 heteroatoms. The molecule has 2 aliphatic heterocycles. The molecule has 6 nitrogen and oxygen atoms in total. The minimum absolute atomic E-state index is 0.0415. The van der Waals surface area contributed by atoms with Crippen LogP contribution in [0, 0.1) is 6.57 Å². The fourth-order valence-corrected chi connectivity index (χ4v) is 4.04. The van der Waals surface area contributed by atoms with Gasteiger partial charge in [0.2, 0.25) is 5.91 Å². The van der Waals surface area contributed by atoms with Crippen molar-refractivity contribution in [3.63, 3.8) is 0 Å². The van der Waals surface area contributed by atoms with Crippen molar-refractivity contribution >= 4 is 30.3 Å². The first-order valence-corrected chi connectivity index (χ1v) is 9.59. The molecule has 0 atom stereocenters. The highest BCUT2D eigenvalue weighted by atomic mass is 16.5. The zero-order chi connectivity index (χ0) is 20.4. The zero-order valence-electron chi connectivity index (χ0n) is 15.9. The van der Waals surface area contributed by atoms with Crippen LogP contribution >= 0.6 is 0 Å². The Labute approximate surface area is 170 Å². The summed E-state index contributed by atoms with van der Waals surface area (Å²) in [6.07, 6.45) is 4.91. The Hall–Kier alpha value is -3.08. The van der Waals surface area contributed by atoms with Crippen LogP contribution in [0.25, 0.3) is 10.9 Å².